The zero-order valence-corrected chi connectivity index (χ0v) is 14.1. The lowest BCUT2D eigenvalue weighted by Gasteiger charge is -2.37. The first-order chi connectivity index (χ1) is 9.88. The van der Waals surface area contributed by atoms with Crippen LogP contribution in [-0.2, 0) is 0 Å². The Morgan fingerprint density at radius 2 is 2.05 bits per heavy atom. The molecule has 0 saturated heterocycles. The summed E-state index contributed by atoms with van der Waals surface area (Å²) in [5, 5.41) is 10.7. The summed E-state index contributed by atoms with van der Waals surface area (Å²) in [6.07, 6.45) is 3.37. The molecule has 1 amide bonds. The van der Waals surface area contributed by atoms with E-state index in [2.05, 4.69) is 36.3 Å². The Morgan fingerprint density at radius 3 is 2.71 bits per heavy atom. The van der Waals surface area contributed by atoms with Crippen molar-refractivity contribution >= 4 is 29.1 Å². The Balaban J connectivity index is 2.14. The third kappa shape index (κ3) is 4.07. The van der Waals surface area contributed by atoms with Crippen LogP contribution < -0.4 is 5.32 Å². The molecule has 6 heteroatoms. The number of nitrogens with zero attached hydrogens (tertiary/aromatic N) is 2. The van der Waals surface area contributed by atoms with Crippen LogP contribution in [0.15, 0.2) is 6.07 Å². The first-order valence-corrected chi connectivity index (χ1v) is 8.13. The Morgan fingerprint density at radius 1 is 1.33 bits per heavy atom. The number of hydrogen-bond donors (Lipinski definition) is 1. The maximum absolute atomic E-state index is 12.4. The predicted molar refractivity (Wildman–Crippen MR) is 84.6 cm³/mol. The maximum atomic E-state index is 12.4. The van der Waals surface area contributed by atoms with Gasteiger partial charge in [-0.2, -0.15) is 0 Å². The number of rotatable bonds is 3. The fourth-order valence-corrected chi connectivity index (χ4v) is 3.45. The molecule has 1 N–H and O–H groups in total. The lowest BCUT2D eigenvalue weighted by molar-refractivity contribution is 0.0867. The summed E-state index contributed by atoms with van der Waals surface area (Å²) >= 11 is 11.7. The second-order valence-corrected chi connectivity index (χ2v) is 7.02. The standard InChI is InChI=1S/C15H21Cl2N3O/c1-8(2)10-5-4-9(3)6-12(10)18-15(21)11-7-13(16)19-20-14(11)17/h7-10,12H,4-6H2,1-3H3,(H,18,21). The largest absolute Gasteiger partial charge is 0.349 e. The van der Waals surface area contributed by atoms with Gasteiger partial charge in [0.15, 0.2) is 10.3 Å². The van der Waals surface area contributed by atoms with Gasteiger partial charge in [0.25, 0.3) is 5.91 Å². The lowest BCUT2D eigenvalue weighted by Crippen LogP contribution is -2.45. The zero-order valence-electron chi connectivity index (χ0n) is 12.6. The minimum atomic E-state index is -0.221. The number of amides is 1. The molecule has 0 aliphatic heterocycles. The molecule has 1 aromatic heterocycles. The van der Waals surface area contributed by atoms with Crippen molar-refractivity contribution in [2.24, 2.45) is 17.8 Å². The van der Waals surface area contributed by atoms with Crippen LogP contribution >= 0.6 is 23.2 Å². The smallest absolute Gasteiger partial charge is 0.254 e. The molecule has 21 heavy (non-hydrogen) atoms. The number of aromatic nitrogens is 2. The summed E-state index contributed by atoms with van der Waals surface area (Å²) in [4.78, 5) is 12.4. The van der Waals surface area contributed by atoms with Gasteiger partial charge in [-0.25, -0.2) is 0 Å². The molecule has 0 radical (unpaired) electrons. The van der Waals surface area contributed by atoms with Crippen LogP contribution in [0.5, 0.6) is 0 Å². The highest BCUT2D eigenvalue weighted by Crippen LogP contribution is 2.33. The van der Waals surface area contributed by atoms with E-state index in [4.69, 9.17) is 23.2 Å². The van der Waals surface area contributed by atoms with E-state index in [1.165, 1.54) is 12.5 Å². The van der Waals surface area contributed by atoms with Crippen molar-refractivity contribution in [3.8, 4) is 0 Å². The SMILES string of the molecule is CC1CCC(C(C)C)C(NC(=O)c2cc(Cl)nnc2Cl)C1. The molecule has 3 unspecified atom stereocenters. The summed E-state index contributed by atoms with van der Waals surface area (Å²) in [6.45, 7) is 6.64. The van der Waals surface area contributed by atoms with E-state index in [1.807, 2.05) is 0 Å². The molecule has 1 heterocycles. The number of carbonyl (C=O) groups is 1. The predicted octanol–water partition coefficient (Wildman–Crippen LogP) is 3.97. The molecule has 3 atom stereocenters. The quantitative estimate of drug-likeness (QED) is 0.912. The average molecular weight is 330 g/mol. The van der Waals surface area contributed by atoms with Gasteiger partial charge >= 0.3 is 0 Å². The third-order valence-electron chi connectivity index (χ3n) is 4.30. The monoisotopic (exact) mass is 329 g/mol. The van der Waals surface area contributed by atoms with Gasteiger partial charge in [0.1, 0.15) is 0 Å². The number of carbonyl (C=O) groups excluding carboxylic acids is 1. The molecular formula is C15H21Cl2N3O. The molecular weight excluding hydrogens is 309 g/mol. The van der Waals surface area contributed by atoms with Crippen molar-refractivity contribution in [3.05, 3.63) is 21.9 Å². The van der Waals surface area contributed by atoms with Crippen LogP contribution in [0.1, 0.15) is 50.4 Å². The molecule has 1 saturated carbocycles. The van der Waals surface area contributed by atoms with Crippen molar-refractivity contribution in [3.63, 3.8) is 0 Å². The van der Waals surface area contributed by atoms with E-state index >= 15 is 0 Å². The van der Waals surface area contributed by atoms with Gasteiger partial charge in [-0.15, -0.1) is 10.2 Å². The molecule has 0 aromatic carbocycles. The maximum Gasteiger partial charge on any atom is 0.254 e. The van der Waals surface area contributed by atoms with Gasteiger partial charge in [0, 0.05) is 6.04 Å². The Kier molecular flexibility index (Phi) is 5.44. The van der Waals surface area contributed by atoms with Crippen LogP contribution in [0.4, 0.5) is 0 Å². The normalized spacial score (nSPS) is 25.9. The Bertz CT molecular complexity index is 522. The summed E-state index contributed by atoms with van der Waals surface area (Å²) in [5.74, 6) is 1.44. The summed E-state index contributed by atoms with van der Waals surface area (Å²) in [7, 11) is 0. The van der Waals surface area contributed by atoms with Gasteiger partial charge in [-0.3, -0.25) is 4.79 Å². The second kappa shape index (κ2) is 6.93. The van der Waals surface area contributed by atoms with Crippen LogP contribution in [-0.4, -0.2) is 22.1 Å². The van der Waals surface area contributed by atoms with Crippen LogP contribution in [0.25, 0.3) is 0 Å². The van der Waals surface area contributed by atoms with Crippen molar-refractivity contribution in [1.82, 2.24) is 15.5 Å². The van der Waals surface area contributed by atoms with E-state index in [9.17, 15) is 4.79 Å². The second-order valence-electron chi connectivity index (χ2n) is 6.28. The molecule has 0 spiro atoms. The van der Waals surface area contributed by atoms with E-state index < -0.39 is 0 Å². The fourth-order valence-electron chi connectivity index (χ4n) is 3.13. The van der Waals surface area contributed by atoms with E-state index in [-0.39, 0.29) is 27.8 Å². The molecule has 2 rings (SSSR count). The summed E-state index contributed by atoms with van der Waals surface area (Å²) in [6, 6.07) is 1.63. The van der Waals surface area contributed by atoms with Crippen LogP contribution in [0, 0.1) is 17.8 Å². The highest BCUT2D eigenvalue weighted by molar-refractivity contribution is 6.34. The minimum absolute atomic E-state index is 0.0851. The molecule has 116 valence electrons. The van der Waals surface area contributed by atoms with Crippen molar-refractivity contribution in [2.75, 3.05) is 0 Å². The molecule has 0 bridgehead atoms. The van der Waals surface area contributed by atoms with Crippen molar-refractivity contribution in [1.29, 1.82) is 0 Å². The first kappa shape index (κ1) is 16.5. The molecule has 4 nitrogen and oxygen atoms in total. The van der Waals surface area contributed by atoms with Gasteiger partial charge < -0.3 is 5.32 Å². The number of hydrogen-bond acceptors (Lipinski definition) is 3. The van der Waals surface area contributed by atoms with Crippen molar-refractivity contribution in [2.45, 2.75) is 46.1 Å². The van der Waals surface area contributed by atoms with E-state index in [0.717, 1.165) is 12.8 Å². The van der Waals surface area contributed by atoms with E-state index in [1.54, 1.807) is 0 Å². The van der Waals surface area contributed by atoms with Crippen molar-refractivity contribution < 1.29 is 4.79 Å². The molecule has 1 fully saturated rings. The molecule has 1 aliphatic carbocycles. The third-order valence-corrected chi connectivity index (χ3v) is 4.77. The highest BCUT2D eigenvalue weighted by Gasteiger charge is 2.32. The van der Waals surface area contributed by atoms with Gasteiger partial charge in [0.05, 0.1) is 5.56 Å². The Labute approximate surface area is 135 Å². The van der Waals surface area contributed by atoms with Gasteiger partial charge in [0.2, 0.25) is 0 Å². The van der Waals surface area contributed by atoms with Gasteiger partial charge in [-0.05, 0) is 36.7 Å². The first-order valence-electron chi connectivity index (χ1n) is 7.38. The molecule has 1 aliphatic rings. The summed E-state index contributed by atoms with van der Waals surface area (Å²) < 4.78 is 0. The number of halogens is 2. The highest BCUT2D eigenvalue weighted by atomic mass is 35.5. The topological polar surface area (TPSA) is 54.9 Å². The average Bonchev–Trinajstić information content (AvgIpc) is 2.41. The lowest BCUT2D eigenvalue weighted by atomic mass is 9.74. The van der Waals surface area contributed by atoms with E-state index in [0.29, 0.717) is 17.8 Å². The Hall–Kier alpha value is -0.870. The zero-order chi connectivity index (χ0) is 15.6. The van der Waals surface area contributed by atoms with Crippen LogP contribution in [0.2, 0.25) is 10.3 Å². The number of nitrogens with one attached hydrogen (secondary N) is 1. The van der Waals surface area contributed by atoms with Gasteiger partial charge in [-0.1, -0.05) is 50.4 Å². The minimum Gasteiger partial charge on any atom is -0.349 e. The van der Waals surface area contributed by atoms with Crippen LogP contribution in [0.3, 0.4) is 0 Å². The molecule has 1 aromatic rings. The summed E-state index contributed by atoms with van der Waals surface area (Å²) in [5.41, 5.74) is 0.289. The fraction of sp³-hybridized carbons (Fsp3) is 0.667.